The predicted molar refractivity (Wildman–Crippen MR) is 91.8 cm³/mol. The van der Waals surface area contributed by atoms with Gasteiger partial charge in [0.25, 0.3) is 0 Å². The number of rotatable bonds is 4. The highest BCUT2D eigenvalue weighted by atomic mass is 79.9. The summed E-state index contributed by atoms with van der Waals surface area (Å²) in [5, 5.41) is 7.66. The molecule has 0 aromatic heterocycles. The van der Waals surface area contributed by atoms with Gasteiger partial charge in [-0.3, -0.25) is 4.79 Å². The SMILES string of the molecule is CC#N.Cc1cc(Oc2ccccc2)cc(C)c1C(=O)CBr. The van der Waals surface area contributed by atoms with E-state index in [1.807, 2.05) is 56.3 Å². The van der Waals surface area contributed by atoms with Crippen LogP contribution in [0.15, 0.2) is 42.5 Å². The van der Waals surface area contributed by atoms with Crippen molar-refractivity contribution in [1.29, 1.82) is 5.26 Å². The van der Waals surface area contributed by atoms with Gasteiger partial charge in [-0.1, -0.05) is 34.1 Å². The number of hydrogen-bond donors (Lipinski definition) is 0. The maximum absolute atomic E-state index is 11.8. The molecule has 3 nitrogen and oxygen atoms in total. The summed E-state index contributed by atoms with van der Waals surface area (Å²) in [5.74, 6) is 1.65. The minimum absolute atomic E-state index is 0.0984. The third kappa shape index (κ3) is 5.01. The van der Waals surface area contributed by atoms with Crippen LogP contribution in [0.25, 0.3) is 0 Å². The third-order valence-electron chi connectivity index (χ3n) is 2.89. The Morgan fingerprint density at radius 3 is 2.09 bits per heavy atom. The number of nitrogens with zero attached hydrogens (tertiary/aromatic N) is 1. The van der Waals surface area contributed by atoms with E-state index in [-0.39, 0.29) is 5.78 Å². The number of nitriles is 1. The van der Waals surface area contributed by atoms with Crippen molar-refractivity contribution < 1.29 is 9.53 Å². The summed E-state index contributed by atoms with van der Waals surface area (Å²) >= 11 is 3.21. The van der Waals surface area contributed by atoms with Crippen molar-refractivity contribution in [3.8, 4) is 17.6 Å². The number of carbonyl (C=O) groups excluding carboxylic acids is 1. The molecule has 114 valence electrons. The van der Waals surface area contributed by atoms with E-state index in [0.29, 0.717) is 5.33 Å². The van der Waals surface area contributed by atoms with E-state index >= 15 is 0 Å². The second kappa shape index (κ2) is 9.01. The molecule has 0 saturated heterocycles. The lowest BCUT2D eigenvalue weighted by Gasteiger charge is -2.12. The number of para-hydroxylation sites is 1. The van der Waals surface area contributed by atoms with Crippen LogP contribution in [0, 0.1) is 25.2 Å². The lowest BCUT2D eigenvalue weighted by molar-refractivity contribution is 0.102. The van der Waals surface area contributed by atoms with Crippen molar-refractivity contribution in [2.24, 2.45) is 0 Å². The molecule has 22 heavy (non-hydrogen) atoms. The van der Waals surface area contributed by atoms with Crippen LogP contribution in [-0.2, 0) is 0 Å². The Morgan fingerprint density at radius 2 is 1.64 bits per heavy atom. The van der Waals surface area contributed by atoms with E-state index in [4.69, 9.17) is 10.00 Å². The minimum Gasteiger partial charge on any atom is -0.457 e. The first kappa shape index (κ1) is 17.9. The molecule has 0 heterocycles. The predicted octanol–water partition coefficient (Wildman–Crippen LogP) is 5.20. The number of ketones is 1. The fraction of sp³-hybridized carbons (Fsp3) is 0.222. The van der Waals surface area contributed by atoms with E-state index in [9.17, 15) is 4.79 Å². The van der Waals surface area contributed by atoms with Crippen LogP contribution >= 0.6 is 15.9 Å². The molecular formula is C18H18BrNO2. The first-order valence-electron chi connectivity index (χ1n) is 6.77. The summed E-state index contributed by atoms with van der Waals surface area (Å²) in [6, 6.07) is 15.2. The molecule has 2 rings (SSSR count). The number of hydrogen-bond acceptors (Lipinski definition) is 3. The standard InChI is InChI=1S/C16H15BrO2.C2H3N/c1-11-8-14(19-13-6-4-3-5-7-13)9-12(2)16(11)15(18)10-17;1-2-3/h3-9H,10H2,1-2H3;1H3. The summed E-state index contributed by atoms with van der Waals surface area (Å²) in [5.41, 5.74) is 2.66. The summed E-state index contributed by atoms with van der Waals surface area (Å²) in [4.78, 5) is 11.8. The first-order valence-corrected chi connectivity index (χ1v) is 7.89. The lowest BCUT2D eigenvalue weighted by atomic mass is 9.99. The van der Waals surface area contributed by atoms with Gasteiger partial charge >= 0.3 is 0 Å². The number of halogens is 1. The van der Waals surface area contributed by atoms with Crippen molar-refractivity contribution >= 4 is 21.7 Å². The zero-order chi connectivity index (χ0) is 16.5. The molecule has 0 atom stereocenters. The molecule has 0 aliphatic carbocycles. The smallest absolute Gasteiger partial charge is 0.173 e. The van der Waals surface area contributed by atoms with Crippen LogP contribution in [0.3, 0.4) is 0 Å². The highest BCUT2D eigenvalue weighted by molar-refractivity contribution is 9.09. The molecule has 0 fully saturated rings. The zero-order valence-corrected chi connectivity index (χ0v) is 14.5. The Kier molecular flexibility index (Phi) is 7.34. The maximum atomic E-state index is 11.8. The summed E-state index contributed by atoms with van der Waals surface area (Å²) in [7, 11) is 0. The van der Waals surface area contributed by atoms with Gasteiger partial charge in [-0.2, -0.15) is 5.26 Å². The molecule has 0 spiro atoms. The number of Topliss-reactive ketones (excluding diaryl/α,β-unsaturated/α-hetero) is 1. The molecule has 0 unspecified atom stereocenters. The molecule has 4 heteroatoms. The minimum atomic E-state index is 0.0984. The average Bonchev–Trinajstić information content (AvgIpc) is 2.48. The van der Waals surface area contributed by atoms with Crippen LogP contribution in [0.1, 0.15) is 28.4 Å². The third-order valence-corrected chi connectivity index (χ3v) is 3.39. The molecule has 0 amide bonds. The van der Waals surface area contributed by atoms with Crippen molar-refractivity contribution in [1.82, 2.24) is 0 Å². The van der Waals surface area contributed by atoms with Gasteiger partial charge in [-0.25, -0.2) is 0 Å². The first-order chi connectivity index (χ1) is 10.5. The number of aryl methyl sites for hydroxylation is 2. The lowest BCUT2D eigenvalue weighted by Crippen LogP contribution is -2.05. The number of carbonyl (C=O) groups is 1. The van der Waals surface area contributed by atoms with Gasteiger partial charge in [0, 0.05) is 12.5 Å². The monoisotopic (exact) mass is 359 g/mol. The zero-order valence-electron chi connectivity index (χ0n) is 12.9. The van der Waals surface area contributed by atoms with Gasteiger partial charge < -0.3 is 4.74 Å². The van der Waals surface area contributed by atoms with Gasteiger partial charge in [0.05, 0.1) is 11.4 Å². The normalized spacial score (nSPS) is 9.23. The molecule has 0 aliphatic rings. The van der Waals surface area contributed by atoms with Crippen LogP contribution in [0.4, 0.5) is 0 Å². The Balaban J connectivity index is 0.000000745. The van der Waals surface area contributed by atoms with Crippen molar-refractivity contribution in [3.63, 3.8) is 0 Å². The molecule has 0 saturated carbocycles. The Bertz CT molecular complexity index is 652. The van der Waals surface area contributed by atoms with E-state index < -0.39 is 0 Å². The van der Waals surface area contributed by atoms with Gasteiger partial charge in [0.15, 0.2) is 5.78 Å². The van der Waals surface area contributed by atoms with Crippen molar-refractivity contribution in [2.75, 3.05) is 5.33 Å². The Labute approximate surface area is 139 Å². The Hall–Kier alpha value is -2.12. The van der Waals surface area contributed by atoms with Crippen molar-refractivity contribution in [2.45, 2.75) is 20.8 Å². The molecule has 0 aliphatic heterocycles. The second-order valence-corrected chi connectivity index (χ2v) is 5.19. The van der Waals surface area contributed by atoms with Crippen LogP contribution in [-0.4, -0.2) is 11.1 Å². The van der Waals surface area contributed by atoms with Gasteiger partial charge in [0.1, 0.15) is 11.5 Å². The molecule has 2 aromatic carbocycles. The fourth-order valence-corrected chi connectivity index (χ4v) is 2.39. The summed E-state index contributed by atoms with van der Waals surface area (Å²) in [6.07, 6.45) is 0. The van der Waals surface area contributed by atoms with Gasteiger partial charge in [-0.15, -0.1) is 0 Å². The van der Waals surface area contributed by atoms with Crippen molar-refractivity contribution in [3.05, 3.63) is 59.2 Å². The van der Waals surface area contributed by atoms with Crippen LogP contribution < -0.4 is 4.74 Å². The molecule has 2 aromatic rings. The molecular weight excluding hydrogens is 342 g/mol. The molecule has 0 bridgehead atoms. The largest absolute Gasteiger partial charge is 0.457 e. The number of benzene rings is 2. The quantitative estimate of drug-likeness (QED) is 0.556. The Morgan fingerprint density at radius 1 is 1.14 bits per heavy atom. The number of alkyl halides is 1. The van der Waals surface area contributed by atoms with E-state index in [1.54, 1.807) is 6.07 Å². The summed E-state index contributed by atoms with van der Waals surface area (Å²) < 4.78 is 5.79. The topological polar surface area (TPSA) is 50.1 Å². The van der Waals surface area contributed by atoms with Gasteiger partial charge in [-0.05, 0) is 49.2 Å². The van der Waals surface area contributed by atoms with E-state index in [1.165, 1.54) is 6.92 Å². The van der Waals surface area contributed by atoms with E-state index in [2.05, 4.69) is 15.9 Å². The van der Waals surface area contributed by atoms with Crippen LogP contribution in [0.5, 0.6) is 11.5 Å². The molecule has 0 radical (unpaired) electrons. The van der Waals surface area contributed by atoms with E-state index in [0.717, 1.165) is 28.2 Å². The summed E-state index contributed by atoms with van der Waals surface area (Å²) in [6.45, 7) is 5.29. The van der Waals surface area contributed by atoms with Gasteiger partial charge in [0.2, 0.25) is 0 Å². The second-order valence-electron chi connectivity index (χ2n) is 4.63. The molecule has 0 N–H and O–H groups in total. The number of ether oxygens (including phenoxy) is 1. The van der Waals surface area contributed by atoms with Crippen LogP contribution in [0.2, 0.25) is 0 Å². The maximum Gasteiger partial charge on any atom is 0.173 e. The highest BCUT2D eigenvalue weighted by Crippen LogP contribution is 2.26. The average molecular weight is 360 g/mol. The highest BCUT2D eigenvalue weighted by Gasteiger charge is 2.12. The fourth-order valence-electron chi connectivity index (χ4n) is 2.11.